The quantitative estimate of drug-likeness (QED) is 0.313. The Hall–Kier alpha value is -2.68. The Balaban J connectivity index is 1.44. The first-order valence-corrected chi connectivity index (χ1v) is 10.9. The second kappa shape index (κ2) is 10.8. The molecular formula is C23H25ClFN3O4. The number of hydrogen-bond donors (Lipinski definition) is 0. The summed E-state index contributed by atoms with van der Waals surface area (Å²) in [4.78, 5) is 8.73. The smallest absolute Gasteiger partial charge is 0.245 e. The van der Waals surface area contributed by atoms with Crippen molar-refractivity contribution in [2.75, 3.05) is 31.3 Å². The van der Waals surface area contributed by atoms with Gasteiger partial charge in [0.05, 0.1) is 31.5 Å². The lowest BCUT2D eigenvalue weighted by atomic mass is 10.2. The highest BCUT2D eigenvalue weighted by Crippen LogP contribution is 2.34. The molecule has 0 spiro atoms. The fraction of sp³-hybridized carbons (Fsp3) is 0.391. The van der Waals surface area contributed by atoms with Gasteiger partial charge in [-0.15, -0.1) is 0 Å². The average molecular weight is 462 g/mol. The zero-order valence-corrected chi connectivity index (χ0v) is 18.6. The molecule has 0 aliphatic carbocycles. The van der Waals surface area contributed by atoms with E-state index >= 15 is 0 Å². The SMILES string of the molecule is COc1cc2cnc(N(Cl)c3ccccc3F)nc2cc1OCCCOC1CCCCO1. The van der Waals surface area contributed by atoms with Gasteiger partial charge in [0, 0.05) is 42.5 Å². The molecule has 0 radical (unpaired) electrons. The van der Waals surface area contributed by atoms with E-state index in [9.17, 15) is 4.39 Å². The molecule has 0 saturated carbocycles. The normalized spacial score (nSPS) is 16.2. The fourth-order valence-electron chi connectivity index (χ4n) is 3.41. The lowest BCUT2D eigenvalue weighted by Crippen LogP contribution is -2.23. The first-order valence-electron chi connectivity index (χ1n) is 10.6. The summed E-state index contributed by atoms with van der Waals surface area (Å²) in [7, 11) is 1.57. The van der Waals surface area contributed by atoms with E-state index in [2.05, 4.69) is 9.97 Å². The molecule has 2 aromatic carbocycles. The lowest BCUT2D eigenvalue weighted by molar-refractivity contribution is -0.163. The van der Waals surface area contributed by atoms with E-state index < -0.39 is 5.82 Å². The summed E-state index contributed by atoms with van der Waals surface area (Å²) in [5.41, 5.74) is 0.764. The van der Waals surface area contributed by atoms with Gasteiger partial charge in [0.15, 0.2) is 17.8 Å². The third kappa shape index (κ3) is 5.38. The number of benzene rings is 2. The monoisotopic (exact) mass is 461 g/mol. The van der Waals surface area contributed by atoms with Gasteiger partial charge in [0.2, 0.25) is 5.95 Å². The fourth-order valence-corrected chi connectivity index (χ4v) is 3.63. The molecule has 1 aliphatic heterocycles. The Morgan fingerprint density at radius 3 is 2.84 bits per heavy atom. The van der Waals surface area contributed by atoms with Crippen LogP contribution in [0.1, 0.15) is 25.7 Å². The van der Waals surface area contributed by atoms with Gasteiger partial charge in [-0.25, -0.2) is 18.8 Å². The van der Waals surface area contributed by atoms with E-state index in [0.717, 1.165) is 35.7 Å². The molecule has 0 bridgehead atoms. The molecule has 1 saturated heterocycles. The van der Waals surface area contributed by atoms with Crippen LogP contribution in [-0.4, -0.2) is 43.2 Å². The average Bonchev–Trinajstić information content (AvgIpc) is 2.83. The van der Waals surface area contributed by atoms with Crippen LogP contribution < -0.4 is 13.9 Å². The Kier molecular flexibility index (Phi) is 7.57. The minimum atomic E-state index is -0.467. The minimum absolute atomic E-state index is 0.109. The first kappa shape index (κ1) is 22.5. The van der Waals surface area contributed by atoms with Crippen LogP contribution in [0.15, 0.2) is 42.6 Å². The van der Waals surface area contributed by atoms with Gasteiger partial charge in [-0.1, -0.05) is 12.1 Å². The number of rotatable bonds is 9. The number of halogens is 2. The summed E-state index contributed by atoms with van der Waals surface area (Å²) in [5.74, 6) is 0.805. The molecule has 0 amide bonds. The van der Waals surface area contributed by atoms with Crippen molar-refractivity contribution in [3.63, 3.8) is 0 Å². The number of nitrogens with zero attached hydrogens (tertiary/aromatic N) is 3. The van der Waals surface area contributed by atoms with E-state index in [0.29, 0.717) is 36.7 Å². The highest BCUT2D eigenvalue weighted by atomic mass is 35.5. The highest BCUT2D eigenvalue weighted by molar-refractivity contribution is 6.28. The van der Waals surface area contributed by atoms with Crippen LogP contribution in [0.3, 0.4) is 0 Å². The third-order valence-corrected chi connectivity index (χ3v) is 5.41. The van der Waals surface area contributed by atoms with E-state index in [4.69, 9.17) is 30.7 Å². The molecule has 32 heavy (non-hydrogen) atoms. The van der Waals surface area contributed by atoms with E-state index in [1.807, 2.05) is 0 Å². The largest absolute Gasteiger partial charge is 0.493 e. The summed E-state index contributed by atoms with van der Waals surface area (Å²) in [5, 5.41) is 0.745. The number of methoxy groups -OCH3 is 1. The second-order valence-electron chi connectivity index (χ2n) is 7.33. The van der Waals surface area contributed by atoms with E-state index in [1.165, 1.54) is 6.07 Å². The molecule has 4 rings (SSSR count). The van der Waals surface area contributed by atoms with Crippen LogP contribution in [-0.2, 0) is 9.47 Å². The first-order chi connectivity index (χ1) is 15.7. The molecule has 3 aromatic rings. The Bertz CT molecular complexity index is 1050. The molecule has 1 aliphatic rings. The van der Waals surface area contributed by atoms with Crippen LogP contribution in [0.4, 0.5) is 16.0 Å². The van der Waals surface area contributed by atoms with Crippen LogP contribution >= 0.6 is 11.8 Å². The van der Waals surface area contributed by atoms with Crippen LogP contribution in [0.25, 0.3) is 10.9 Å². The van der Waals surface area contributed by atoms with Gasteiger partial charge in [-0.05, 0) is 37.5 Å². The summed E-state index contributed by atoms with van der Waals surface area (Å²) in [6.07, 6.45) is 5.37. The van der Waals surface area contributed by atoms with Gasteiger partial charge in [0.1, 0.15) is 5.82 Å². The van der Waals surface area contributed by atoms with Crippen molar-refractivity contribution in [2.45, 2.75) is 32.0 Å². The van der Waals surface area contributed by atoms with Gasteiger partial charge in [-0.3, -0.25) is 0 Å². The maximum absolute atomic E-state index is 14.1. The molecule has 170 valence electrons. The number of ether oxygens (including phenoxy) is 4. The van der Waals surface area contributed by atoms with Crippen LogP contribution in [0, 0.1) is 5.82 Å². The molecule has 1 atom stereocenters. The van der Waals surface area contributed by atoms with E-state index in [1.54, 1.807) is 43.6 Å². The molecule has 2 heterocycles. The second-order valence-corrected chi connectivity index (χ2v) is 7.67. The Labute approximate surface area is 191 Å². The number of para-hydroxylation sites is 1. The van der Waals surface area contributed by atoms with Gasteiger partial charge in [0.25, 0.3) is 0 Å². The number of hydrogen-bond acceptors (Lipinski definition) is 7. The number of aromatic nitrogens is 2. The summed E-state index contributed by atoms with van der Waals surface area (Å²) < 4.78 is 37.8. The van der Waals surface area contributed by atoms with Crippen LogP contribution in [0.2, 0.25) is 0 Å². The topological polar surface area (TPSA) is 65.9 Å². The lowest BCUT2D eigenvalue weighted by Gasteiger charge is -2.22. The third-order valence-electron chi connectivity index (χ3n) is 5.08. The summed E-state index contributed by atoms with van der Waals surface area (Å²) >= 11 is 6.31. The van der Waals surface area contributed by atoms with Crippen molar-refractivity contribution < 1.29 is 23.3 Å². The standard InChI is InChI=1S/C23H25ClFN3O4/c1-29-20-13-16-15-26-23(28(24)19-8-3-2-7-17(19)25)27-18(16)14-21(20)30-11-6-12-32-22-9-4-5-10-31-22/h2-3,7-8,13-15,22H,4-6,9-12H2,1H3. The van der Waals surface area contributed by atoms with E-state index in [-0.39, 0.29) is 17.9 Å². The highest BCUT2D eigenvalue weighted by Gasteiger charge is 2.16. The van der Waals surface area contributed by atoms with Crippen molar-refractivity contribution in [3.05, 3.63) is 48.4 Å². The van der Waals surface area contributed by atoms with Crippen molar-refractivity contribution in [1.82, 2.24) is 9.97 Å². The summed E-state index contributed by atoms with van der Waals surface area (Å²) in [6.45, 7) is 1.76. The predicted octanol–water partition coefficient (Wildman–Crippen LogP) is 5.38. The molecule has 1 unspecified atom stereocenters. The van der Waals surface area contributed by atoms with Crippen molar-refractivity contribution in [1.29, 1.82) is 0 Å². The maximum atomic E-state index is 14.1. The molecular weight excluding hydrogens is 437 g/mol. The van der Waals surface area contributed by atoms with Crippen molar-refractivity contribution >= 4 is 34.3 Å². The van der Waals surface area contributed by atoms with Crippen LogP contribution in [0.5, 0.6) is 11.5 Å². The molecule has 9 heteroatoms. The molecule has 7 nitrogen and oxygen atoms in total. The molecule has 1 aromatic heterocycles. The minimum Gasteiger partial charge on any atom is -0.493 e. The van der Waals surface area contributed by atoms with Crippen molar-refractivity contribution in [2.24, 2.45) is 0 Å². The number of fused-ring (bicyclic) bond motifs is 1. The zero-order valence-electron chi connectivity index (χ0n) is 17.8. The van der Waals surface area contributed by atoms with Crippen molar-refractivity contribution in [3.8, 4) is 11.5 Å². The molecule has 1 fully saturated rings. The zero-order chi connectivity index (χ0) is 22.3. The Morgan fingerprint density at radius 1 is 1.19 bits per heavy atom. The molecule has 0 N–H and O–H groups in total. The number of anilines is 2. The van der Waals surface area contributed by atoms with Gasteiger partial charge >= 0.3 is 0 Å². The Morgan fingerprint density at radius 2 is 2.06 bits per heavy atom. The predicted molar refractivity (Wildman–Crippen MR) is 120 cm³/mol. The van der Waals surface area contributed by atoms with Gasteiger partial charge in [-0.2, -0.15) is 0 Å². The maximum Gasteiger partial charge on any atom is 0.245 e. The summed E-state index contributed by atoms with van der Waals surface area (Å²) in [6, 6.07) is 9.72. The van der Waals surface area contributed by atoms with Gasteiger partial charge < -0.3 is 18.9 Å².